The third kappa shape index (κ3) is 1.90. The van der Waals surface area contributed by atoms with Gasteiger partial charge in [0.05, 0.1) is 24.6 Å². The topological polar surface area (TPSA) is 63.7 Å². The molecule has 0 radical (unpaired) electrons. The minimum Gasteiger partial charge on any atom is -0.468 e. The normalized spacial score (nSPS) is 22.2. The maximum Gasteiger partial charge on any atom is 0.315 e. The Balaban J connectivity index is 2.04. The number of anilines is 1. The van der Waals surface area contributed by atoms with Crippen molar-refractivity contribution in [1.82, 2.24) is 0 Å². The Kier molecular flexibility index (Phi) is 2.78. The molecule has 0 aromatic heterocycles. The van der Waals surface area contributed by atoms with E-state index in [-0.39, 0.29) is 17.8 Å². The van der Waals surface area contributed by atoms with Gasteiger partial charge in [-0.05, 0) is 24.5 Å². The Labute approximate surface area is 112 Å². The first-order valence-corrected chi connectivity index (χ1v) is 7.74. The molecule has 1 aliphatic carbocycles. The minimum absolute atomic E-state index is 0.158. The van der Waals surface area contributed by atoms with Gasteiger partial charge in [-0.15, -0.1) is 0 Å². The van der Waals surface area contributed by atoms with E-state index < -0.39 is 15.9 Å². The van der Waals surface area contributed by atoms with Crippen molar-refractivity contribution < 1.29 is 17.9 Å². The molecule has 1 aromatic rings. The van der Waals surface area contributed by atoms with E-state index in [1.807, 2.05) is 6.07 Å². The lowest BCUT2D eigenvalue weighted by Gasteiger charge is -2.19. The highest BCUT2D eigenvalue weighted by Gasteiger charge is 2.46. The summed E-state index contributed by atoms with van der Waals surface area (Å²) >= 11 is 0. The zero-order valence-electron chi connectivity index (χ0n) is 10.6. The van der Waals surface area contributed by atoms with Crippen LogP contribution in [0.4, 0.5) is 5.69 Å². The van der Waals surface area contributed by atoms with E-state index in [2.05, 4.69) is 0 Å². The van der Waals surface area contributed by atoms with Crippen molar-refractivity contribution in [2.24, 2.45) is 0 Å². The van der Waals surface area contributed by atoms with Gasteiger partial charge >= 0.3 is 5.97 Å². The molecular formula is C13H15NO4S. The molecule has 0 amide bonds. The van der Waals surface area contributed by atoms with Gasteiger partial charge in [-0.3, -0.25) is 9.10 Å². The van der Waals surface area contributed by atoms with Gasteiger partial charge < -0.3 is 4.74 Å². The molecule has 1 aliphatic heterocycles. The number of rotatable bonds is 3. The fourth-order valence-corrected chi connectivity index (χ4v) is 4.39. The Bertz CT molecular complexity index is 621. The highest BCUT2D eigenvalue weighted by Crippen LogP contribution is 2.42. The van der Waals surface area contributed by atoms with Crippen molar-refractivity contribution in [3.63, 3.8) is 0 Å². The second kappa shape index (κ2) is 4.23. The lowest BCUT2D eigenvalue weighted by Crippen LogP contribution is -2.34. The summed E-state index contributed by atoms with van der Waals surface area (Å²) in [7, 11) is -2.01. The van der Waals surface area contributed by atoms with Crippen molar-refractivity contribution in [3.05, 3.63) is 29.8 Å². The molecule has 19 heavy (non-hydrogen) atoms. The Hall–Kier alpha value is -1.56. The first-order chi connectivity index (χ1) is 9.05. The summed E-state index contributed by atoms with van der Waals surface area (Å²) < 4.78 is 30.9. The van der Waals surface area contributed by atoms with Crippen molar-refractivity contribution in [1.29, 1.82) is 0 Å². The van der Waals surface area contributed by atoms with E-state index in [0.29, 0.717) is 18.5 Å². The van der Waals surface area contributed by atoms with E-state index in [4.69, 9.17) is 4.74 Å². The van der Waals surface area contributed by atoms with Crippen LogP contribution in [0, 0.1) is 0 Å². The highest BCUT2D eigenvalue weighted by molar-refractivity contribution is 7.93. The molecular weight excluding hydrogens is 266 g/mol. The SMILES string of the molecule is COC(=O)[C@H]1CN(S(=O)(=O)C2CC2)c2ccccc21. The number of ether oxygens (including phenoxy) is 1. The number of carbonyl (C=O) groups is 1. The van der Waals surface area contributed by atoms with E-state index >= 15 is 0 Å². The first-order valence-electron chi connectivity index (χ1n) is 6.24. The number of sulfonamides is 1. The maximum absolute atomic E-state index is 12.4. The van der Waals surface area contributed by atoms with Gasteiger partial charge in [-0.25, -0.2) is 8.42 Å². The molecule has 2 aliphatic rings. The Morgan fingerprint density at radius 2 is 2.00 bits per heavy atom. The van der Waals surface area contributed by atoms with Gasteiger partial charge in [0.2, 0.25) is 10.0 Å². The number of nitrogens with zero attached hydrogens (tertiary/aromatic N) is 1. The van der Waals surface area contributed by atoms with Crippen LogP contribution in [0.2, 0.25) is 0 Å². The number of hydrogen-bond acceptors (Lipinski definition) is 4. The van der Waals surface area contributed by atoms with Gasteiger partial charge in [0.1, 0.15) is 5.92 Å². The number of methoxy groups -OCH3 is 1. The molecule has 6 heteroatoms. The van der Waals surface area contributed by atoms with Crippen LogP contribution in [0.25, 0.3) is 0 Å². The molecule has 5 nitrogen and oxygen atoms in total. The predicted octanol–water partition coefficient (Wildman–Crippen LogP) is 1.26. The molecule has 0 spiro atoms. The summed E-state index contributed by atoms with van der Waals surface area (Å²) in [6.45, 7) is 0.158. The molecule has 0 saturated heterocycles. The molecule has 1 saturated carbocycles. The minimum atomic E-state index is -3.33. The van der Waals surface area contributed by atoms with E-state index in [0.717, 1.165) is 5.56 Å². The quantitative estimate of drug-likeness (QED) is 0.782. The summed E-state index contributed by atoms with van der Waals surface area (Å²) in [5.74, 6) is -0.907. The molecule has 1 heterocycles. The van der Waals surface area contributed by atoms with Crippen LogP contribution in [0.5, 0.6) is 0 Å². The smallest absolute Gasteiger partial charge is 0.315 e. The summed E-state index contributed by atoms with van der Waals surface area (Å²) in [6, 6.07) is 7.13. The maximum atomic E-state index is 12.4. The van der Waals surface area contributed by atoms with Crippen LogP contribution in [0.15, 0.2) is 24.3 Å². The average molecular weight is 281 g/mol. The van der Waals surface area contributed by atoms with Gasteiger partial charge in [-0.2, -0.15) is 0 Å². The molecule has 0 unspecified atom stereocenters. The number of carbonyl (C=O) groups excluding carboxylic acids is 1. The number of benzene rings is 1. The standard InChI is InChI=1S/C13H15NO4S/c1-18-13(15)11-8-14(19(16,17)9-6-7-9)12-5-3-2-4-10(11)12/h2-5,9,11H,6-8H2,1H3/t11-/m0/s1. The molecule has 0 bridgehead atoms. The molecule has 1 aromatic carbocycles. The number of para-hydroxylation sites is 1. The second-order valence-electron chi connectivity index (χ2n) is 4.91. The van der Waals surface area contributed by atoms with Gasteiger partial charge in [0, 0.05) is 0 Å². The lowest BCUT2D eigenvalue weighted by atomic mass is 10.0. The van der Waals surface area contributed by atoms with Crippen LogP contribution in [0.3, 0.4) is 0 Å². The molecule has 102 valence electrons. The predicted molar refractivity (Wildman–Crippen MR) is 70.5 cm³/mol. The molecule has 1 fully saturated rings. The number of hydrogen-bond donors (Lipinski definition) is 0. The summed E-state index contributed by atoms with van der Waals surface area (Å²) in [5.41, 5.74) is 1.35. The third-order valence-electron chi connectivity index (χ3n) is 3.67. The summed E-state index contributed by atoms with van der Waals surface area (Å²) in [4.78, 5) is 11.8. The Morgan fingerprint density at radius 3 is 2.63 bits per heavy atom. The molecule has 0 N–H and O–H groups in total. The van der Waals surface area contributed by atoms with Crippen LogP contribution < -0.4 is 4.31 Å². The average Bonchev–Trinajstić information content (AvgIpc) is 3.19. The van der Waals surface area contributed by atoms with Crippen molar-refractivity contribution in [2.75, 3.05) is 18.0 Å². The Morgan fingerprint density at radius 1 is 1.32 bits per heavy atom. The second-order valence-corrected chi connectivity index (χ2v) is 7.05. The van der Waals surface area contributed by atoms with Gasteiger partial charge in [0.15, 0.2) is 0 Å². The van der Waals surface area contributed by atoms with Gasteiger partial charge in [0.25, 0.3) is 0 Å². The van der Waals surface area contributed by atoms with E-state index in [1.54, 1.807) is 18.2 Å². The van der Waals surface area contributed by atoms with Crippen LogP contribution >= 0.6 is 0 Å². The van der Waals surface area contributed by atoms with Crippen molar-refractivity contribution in [3.8, 4) is 0 Å². The number of esters is 1. The lowest BCUT2D eigenvalue weighted by molar-refractivity contribution is -0.141. The largest absolute Gasteiger partial charge is 0.468 e. The van der Waals surface area contributed by atoms with Crippen molar-refractivity contribution >= 4 is 21.7 Å². The van der Waals surface area contributed by atoms with Crippen LogP contribution in [0.1, 0.15) is 24.3 Å². The van der Waals surface area contributed by atoms with Crippen molar-refractivity contribution in [2.45, 2.75) is 24.0 Å². The monoisotopic (exact) mass is 281 g/mol. The van der Waals surface area contributed by atoms with Gasteiger partial charge in [-0.1, -0.05) is 18.2 Å². The zero-order chi connectivity index (χ0) is 13.6. The molecule has 3 rings (SSSR count). The number of fused-ring (bicyclic) bond motifs is 1. The van der Waals surface area contributed by atoms with E-state index in [9.17, 15) is 13.2 Å². The fourth-order valence-electron chi connectivity index (χ4n) is 2.50. The van der Waals surface area contributed by atoms with Crippen LogP contribution in [-0.4, -0.2) is 33.3 Å². The molecule has 1 atom stereocenters. The zero-order valence-corrected chi connectivity index (χ0v) is 11.4. The first kappa shape index (κ1) is 12.5. The highest BCUT2D eigenvalue weighted by atomic mass is 32.2. The summed E-state index contributed by atoms with van der Waals surface area (Å²) in [5, 5.41) is -0.281. The summed E-state index contributed by atoms with van der Waals surface area (Å²) in [6.07, 6.45) is 1.42. The fraction of sp³-hybridized carbons (Fsp3) is 0.462. The van der Waals surface area contributed by atoms with Crippen LogP contribution in [-0.2, 0) is 19.6 Å². The third-order valence-corrected chi connectivity index (χ3v) is 5.94. The van der Waals surface area contributed by atoms with E-state index in [1.165, 1.54) is 11.4 Å².